The third-order valence-corrected chi connectivity index (χ3v) is 5.90. The Balaban J connectivity index is 2.00. The number of nitrogens with one attached hydrogen (secondary N) is 1. The van der Waals surface area contributed by atoms with Crippen molar-refractivity contribution in [3.63, 3.8) is 0 Å². The van der Waals surface area contributed by atoms with E-state index in [0.717, 1.165) is 0 Å². The number of hydrogen-bond acceptors (Lipinski definition) is 7. The lowest BCUT2D eigenvalue weighted by molar-refractivity contribution is 0.580. The molecule has 11 heteroatoms. The van der Waals surface area contributed by atoms with Gasteiger partial charge in [0.2, 0.25) is 11.9 Å². The van der Waals surface area contributed by atoms with Gasteiger partial charge in [-0.1, -0.05) is 23.2 Å². The van der Waals surface area contributed by atoms with Gasteiger partial charge in [-0.15, -0.1) is 9.19 Å². The highest BCUT2D eigenvalue weighted by atomic mass is 35.5. The van der Waals surface area contributed by atoms with E-state index in [-0.39, 0.29) is 16.8 Å². The van der Waals surface area contributed by atoms with Crippen molar-refractivity contribution in [1.82, 2.24) is 19.2 Å². The van der Waals surface area contributed by atoms with Crippen molar-refractivity contribution in [2.45, 2.75) is 18.7 Å². The molecule has 2 heterocycles. The van der Waals surface area contributed by atoms with Crippen LogP contribution in [0.5, 0.6) is 0 Å². The van der Waals surface area contributed by atoms with E-state index in [1.165, 1.54) is 12.3 Å². The minimum atomic E-state index is -4.04. The van der Waals surface area contributed by atoms with Crippen LogP contribution in [0.2, 0.25) is 10.2 Å². The zero-order valence-electron chi connectivity index (χ0n) is 13.7. The fraction of sp³-hybridized carbons (Fsp3) is 0.133. The zero-order valence-corrected chi connectivity index (χ0v) is 16.1. The molecular weight excluding hydrogens is 399 g/mol. The summed E-state index contributed by atoms with van der Waals surface area (Å²) in [7, 11) is -4.04. The average Bonchev–Trinajstić information content (AvgIpc) is 2.94. The minimum Gasteiger partial charge on any atom is -0.367 e. The van der Waals surface area contributed by atoms with Crippen molar-refractivity contribution >= 4 is 50.8 Å². The lowest BCUT2D eigenvalue weighted by atomic mass is 10.2. The second-order valence-electron chi connectivity index (χ2n) is 5.50. The van der Waals surface area contributed by atoms with Crippen LogP contribution in [-0.2, 0) is 10.0 Å². The number of nitrogens with zero attached hydrogens (tertiary/aromatic N) is 4. The van der Waals surface area contributed by atoms with Crippen LogP contribution >= 0.6 is 23.2 Å². The van der Waals surface area contributed by atoms with Crippen LogP contribution in [0.4, 0.5) is 17.6 Å². The summed E-state index contributed by atoms with van der Waals surface area (Å²) in [5, 5.41) is 7.58. The Hall–Kier alpha value is -2.36. The van der Waals surface area contributed by atoms with Gasteiger partial charge >= 0.3 is 0 Å². The Morgan fingerprint density at radius 2 is 1.88 bits per heavy atom. The largest absolute Gasteiger partial charge is 0.367 e. The Labute approximate surface area is 160 Å². The molecule has 0 aliphatic rings. The predicted octanol–water partition coefficient (Wildman–Crippen LogP) is 3.16. The lowest BCUT2D eigenvalue weighted by Gasteiger charge is -2.10. The number of pyridine rings is 1. The van der Waals surface area contributed by atoms with E-state index < -0.39 is 10.0 Å². The van der Waals surface area contributed by atoms with Crippen molar-refractivity contribution in [1.29, 1.82) is 0 Å². The van der Waals surface area contributed by atoms with Crippen molar-refractivity contribution in [3.8, 4) is 0 Å². The van der Waals surface area contributed by atoms with Crippen molar-refractivity contribution in [2.75, 3.05) is 11.1 Å². The molecule has 0 aliphatic carbocycles. The first-order chi connectivity index (χ1) is 12.2. The van der Waals surface area contributed by atoms with Crippen LogP contribution in [0.15, 0.2) is 35.4 Å². The third-order valence-electron chi connectivity index (χ3n) is 3.55. The summed E-state index contributed by atoms with van der Waals surface area (Å²) in [6.07, 6.45) is 1.46. The highest BCUT2D eigenvalue weighted by Crippen LogP contribution is 2.26. The maximum Gasteiger partial charge on any atom is 0.286 e. The van der Waals surface area contributed by atoms with Gasteiger partial charge in [0, 0.05) is 5.02 Å². The average molecular weight is 413 g/mol. The molecule has 0 atom stereocenters. The summed E-state index contributed by atoms with van der Waals surface area (Å²) in [4.78, 5) is 7.90. The smallest absolute Gasteiger partial charge is 0.286 e. The molecule has 0 amide bonds. The van der Waals surface area contributed by atoms with E-state index in [1.54, 1.807) is 32.0 Å². The Morgan fingerprint density at radius 3 is 2.54 bits per heavy atom. The standard InChI is InChI=1S/C15H14Cl2N6O2S/c1-8-6-12(9(2)5-11(8)16)26(24,25)23-14(18)21-15(22-23)20-10-3-4-13(17)19-7-10/h3-7H,1-2H3,(H3,18,20,21,22). The van der Waals surface area contributed by atoms with E-state index in [2.05, 4.69) is 20.4 Å². The normalized spacial score (nSPS) is 11.5. The van der Waals surface area contributed by atoms with Gasteiger partial charge in [-0.3, -0.25) is 0 Å². The van der Waals surface area contributed by atoms with E-state index >= 15 is 0 Å². The zero-order chi connectivity index (χ0) is 19.1. The van der Waals surface area contributed by atoms with Crippen LogP contribution in [0.25, 0.3) is 0 Å². The molecule has 136 valence electrons. The molecule has 3 aromatic rings. The topological polar surface area (TPSA) is 116 Å². The first-order valence-corrected chi connectivity index (χ1v) is 9.51. The van der Waals surface area contributed by atoms with E-state index in [9.17, 15) is 8.42 Å². The monoisotopic (exact) mass is 412 g/mol. The Kier molecular flexibility index (Phi) is 4.78. The second kappa shape index (κ2) is 6.75. The first-order valence-electron chi connectivity index (χ1n) is 7.32. The summed E-state index contributed by atoms with van der Waals surface area (Å²) in [5.41, 5.74) is 7.40. The number of rotatable bonds is 4. The number of benzene rings is 1. The molecule has 0 spiro atoms. The van der Waals surface area contributed by atoms with Gasteiger partial charge in [0.15, 0.2) is 0 Å². The lowest BCUT2D eigenvalue weighted by Crippen LogP contribution is -2.18. The minimum absolute atomic E-state index is 0.0125. The molecule has 3 N–H and O–H groups in total. The summed E-state index contributed by atoms with van der Waals surface area (Å²) in [6, 6.07) is 6.27. The molecule has 0 saturated carbocycles. The van der Waals surface area contributed by atoms with E-state index in [1.807, 2.05) is 0 Å². The molecule has 0 radical (unpaired) electrons. The molecule has 0 saturated heterocycles. The second-order valence-corrected chi connectivity index (χ2v) is 8.03. The number of nitrogens with two attached hydrogens (primary N) is 1. The van der Waals surface area contributed by atoms with Crippen LogP contribution in [0.1, 0.15) is 11.1 Å². The summed E-state index contributed by atoms with van der Waals surface area (Å²) < 4.78 is 26.5. The molecule has 8 nitrogen and oxygen atoms in total. The van der Waals surface area contributed by atoms with Crippen LogP contribution in [-0.4, -0.2) is 27.6 Å². The molecule has 26 heavy (non-hydrogen) atoms. The van der Waals surface area contributed by atoms with Crippen molar-refractivity contribution in [3.05, 3.63) is 51.8 Å². The van der Waals surface area contributed by atoms with Crippen molar-refractivity contribution < 1.29 is 8.42 Å². The number of halogens is 2. The highest BCUT2D eigenvalue weighted by molar-refractivity contribution is 7.90. The third kappa shape index (κ3) is 3.46. The van der Waals surface area contributed by atoms with Crippen LogP contribution in [0, 0.1) is 13.8 Å². The van der Waals surface area contributed by atoms with Gasteiger partial charge in [0.05, 0.1) is 16.8 Å². The Bertz CT molecular complexity index is 1080. The highest BCUT2D eigenvalue weighted by Gasteiger charge is 2.25. The molecule has 0 bridgehead atoms. The number of aromatic nitrogens is 4. The summed E-state index contributed by atoms with van der Waals surface area (Å²) in [6.45, 7) is 3.36. The van der Waals surface area contributed by atoms with Gasteiger partial charge in [-0.25, -0.2) is 4.98 Å². The van der Waals surface area contributed by atoms with Gasteiger partial charge < -0.3 is 11.1 Å². The molecule has 0 aliphatic heterocycles. The fourth-order valence-corrected chi connectivity index (χ4v) is 4.02. The summed E-state index contributed by atoms with van der Waals surface area (Å²) >= 11 is 11.8. The SMILES string of the molecule is Cc1cc(S(=O)(=O)n2nc(Nc3ccc(Cl)nc3)nc2N)c(C)cc1Cl. The number of anilines is 3. The molecule has 0 unspecified atom stereocenters. The first kappa shape index (κ1) is 18.4. The molecule has 0 fully saturated rings. The predicted molar refractivity (Wildman–Crippen MR) is 100 cm³/mol. The van der Waals surface area contributed by atoms with Crippen molar-refractivity contribution in [2.24, 2.45) is 0 Å². The molecule has 2 aromatic heterocycles. The fourth-order valence-electron chi connectivity index (χ4n) is 2.25. The van der Waals surface area contributed by atoms with Crippen LogP contribution < -0.4 is 11.1 Å². The van der Waals surface area contributed by atoms with E-state index in [4.69, 9.17) is 28.9 Å². The van der Waals surface area contributed by atoms with E-state index in [0.29, 0.717) is 31.1 Å². The number of nitrogen functional groups attached to an aromatic ring is 1. The molecule has 1 aromatic carbocycles. The Morgan fingerprint density at radius 1 is 1.15 bits per heavy atom. The number of aryl methyl sites for hydroxylation is 2. The quantitative estimate of drug-likeness (QED) is 0.631. The van der Waals surface area contributed by atoms with Crippen LogP contribution in [0.3, 0.4) is 0 Å². The molecular formula is C15H14Cl2N6O2S. The number of hydrogen-bond donors (Lipinski definition) is 2. The van der Waals surface area contributed by atoms with Gasteiger partial charge in [-0.2, -0.15) is 13.4 Å². The van der Waals surface area contributed by atoms with Gasteiger partial charge in [0.25, 0.3) is 10.0 Å². The van der Waals surface area contributed by atoms with Gasteiger partial charge in [-0.05, 0) is 49.2 Å². The maximum atomic E-state index is 12.9. The van der Waals surface area contributed by atoms with Gasteiger partial charge in [0.1, 0.15) is 5.15 Å². The maximum absolute atomic E-state index is 12.9. The summed E-state index contributed by atoms with van der Waals surface area (Å²) in [5.74, 6) is -0.264. The molecule has 3 rings (SSSR count).